The first-order valence-electron chi connectivity index (χ1n) is 8.25. The molecule has 0 saturated carbocycles. The minimum absolute atomic E-state index is 0.00172. The highest BCUT2D eigenvalue weighted by atomic mass is 16.5. The summed E-state index contributed by atoms with van der Waals surface area (Å²) in [7, 11) is 0. The molecule has 0 aliphatic rings. The third-order valence-electron chi connectivity index (χ3n) is 3.94. The van der Waals surface area contributed by atoms with Crippen LogP contribution in [-0.2, 0) is 13.1 Å². The van der Waals surface area contributed by atoms with Gasteiger partial charge in [0.25, 0.3) is 11.5 Å². The second-order valence-corrected chi connectivity index (χ2v) is 5.73. The number of pyridine rings is 2. The molecule has 27 heavy (non-hydrogen) atoms. The van der Waals surface area contributed by atoms with E-state index < -0.39 is 11.5 Å². The molecule has 0 unspecified atom stereocenters. The molecule has 0 aromatic carbocycles. The van der Waals surface area contributed by atoms with Gasteiger partial charge in [0.1, 0.15) is 11.2 Å². The van der Waals surface area contributed by atoms with Crippen LogP contribution in [0.1, 0.15) is 23.2 Å². The first-order valence-corrected chi connectivity index (χ1v) is 8.25. The van der Waals surface area contributed by atoms with Crippen LogP contribution in [0.4, 0.5) is 0 Å². The third-order valence-corrected chi connectivity index (χ3v) is 3.94. The van der Waals surface area contributed by atoms with Crippen LogP contribution in [0, 0.1) is 0 Å². The standard InChI is InChI=1S/C17H15N7O3/c1-2-24-9-11(7-20-24)15-21-13(27-23-15)8-19-16(25)12-6-10-4-3-5-18-14(10)22-17(12)26/h3-7,9H,2,8H2,1H3,(H,19,25)(H,18,22,26). The maximum absolute atomic E-state index is 12.3. The molecule has 4 rings (SSSR count). The zero-order chi connectivity index (χ0) is 18.8. The number of H-pyrrole nitrogens is 1. The van der Waals surface area contributed by atoms with Crippen LogP contribution in [0.25, 0.3) is 22.4 Å². The van der Waals surface area contributed by atoms with Gasteiger partial charge in [0.2, 0.25) is 11.7 Å². The summed E-state index contributed by atoms with van der Waals surface area (Å²) in [5.74, 6) is 0.0654. The van der Waals surface area contributed by atoms with Crippen LogP contribution in [-0.4, -0.2) is 35.8 Å². The number of nitrogens with zero attached hydrogens (tertiary/aromatic N) is 5. The molecule has 0 atom stereocenters. The van der Waals surface area contributed by atoms with Gasteiger partial charge in [0.15, 0.2) is 0 Å². The number of rotatable bonds is 5. The van der Waals surface area contributed by atoms with Crippen molar-refractivity contribution in [3.63, 3.8) is 0 Å². The number of aryl methyl sites for hydroxylation is 1. The van der Waals surface area contributed by atoms with E-state index in [0.717, 1.165) is 12.1 Å². The Kier molecular flexibility index (Phi) is 4.21. The smallest absolute Gasteiger partial charge is 0.262 e. The molecule has 0 spiro atoms. The van der Waals surface area contributed by atoms with E-state index in [1.807, 2.05) is 6.92 Å². The number of aromatic nitrogens is 6. The van der Waals surface area contributed by atoms with E-state index in [2.05, 4.69) is 30.5 Å². The van der Waals surface area contributed by atoms with Crippen LogP contribution in [0.3, 0.4) is 0 Å². The summed E-state index contributed by atoms with van der Waals surface area (Å²) in [6.07, 6.45) is 5.00. The van der Waals surface area contributed by atoms with Crippen molar-refractivity contribution >= 4 is 16.9 Å². The summed E-state index contributed by atoms with van der Waals surface area (Å²) in [5.41, 5.74) is 0.612. The predicted octanol–water partition coefficient (Wildman–Crippen LogP) is 1.12. The Morgan fingerprint density at radius 2 is 2.30 bits per heavy atom. The molecule has 4 aromatic rings. The highest BCUT2D eigenvalue weighted by Gasteiger charge is 2.15. The lowest BCUT2D eigenvalue weighted by molar-refractivity contribution is 0.0945. The van der Waals surface area contributed by atoms with Gasteiger partial charge in [0.05, 0.1) is 18.3 Å². The molecule has 10 heteroatoms. The van der Waals surface area contributed by atoms with Crippen molar-refractivity contribution in [1.29, 1.82) is 0 Å². The van der Waals surface area contributed by atoms with Crippen molar-refractivity contribution in [3.8, 4) is 11.4 Å². The molecule has 0 aliphatic carbocycles. The molecule has 0 saturated heterocycles. The lowest BCUT2D eigenvalue weighted by atomic mass is 10.2. The van der Waals surface area contributed by atoms with Crippen molar-refractivity contribution in [2.24, 2.45) is 0 Å². The van der Waals surface area contributed by atoms with E-state index in [-0.39, 0.29) is 18.0 Å². The van der Waals surface area contributed by atoms with Gasteiger partial charge in [-0.1, -0.05) is 5.16 Å². The van der Waals surface area contributed by atoms with Crippen molar-refractivity contribution < 1.29 is 9.32 Å². The lowest BCUT2D eigenvalue weighted by Gasteiger charge is -2.03. The highest BCUT2D eigenvalue weighted by Crippen LogP contribution is 2.14. The van der Waals surface area contributed by atoms with Gasteiger partial charge in [-0.3, -0.25) is 14.3 Å². The van der Waals surface area contributed by atoms with Crippen LogP contribution in [0.15, 0.2) is 46.1 Å². The molecule has 4 heterocycles. The molecule has 4 aromatic heterocycles. The van der Waals surface area contributed by atoms with Crippen LogP contribution in [0.5, 0.6) is 0 Å². The van der Waals surface area contributed by atoms with Crippen LogP contribution in [0.2, 0.25) is 0 Å². The van der Waals surface area contributed by atoms with E-state index in [1.54, 1.807) is 35.4 Å². The number of aromatic amines is 1. The third kappa shape index (κ3) is 3.32. The van der Waals surface area contributed by atoms with E-state index in [0.29, 0.717) is 16.9 Å². The SMILES string of the molecule is CCn1cc(-c2noc(CNC(=O)c3cc4cccnc4[nH]c3=O)n2)cn1. The van der Waals surface area contributed by atoms with Crippen molar-refractivity contribution in [1.82, 2.24) is 35.2 Å². The topological polar surface area (TPSA) is 132 Å². The average molecular weight is 365 g/mol. The van der Waals surface area contributed by atoms with Gasteiger partial charge in [-0.05, 0) is 25.1 Å². The molecule has 2 N–H and O–H groups in total. The molecule has 136 valence electrons. The Bertz CT molecular complexity index is 1170. The van der Waals surface area contributed by atoms with Gasteiger partial charge in [-0.25, -0.2) is 4.98 Å². The summed E-state index contributed by atoms with van der Waals surface area (Å²) in [4.78, 5) is 35.3. The van der Waals surface area contributed by atoms with E-state index in [4.69, 9.17) is 4.52 Å². The van der Waals surface area contributed by atoms with Gasteiger partial charge >= 0.3 is 0 Å². The Morgan fingerprint density at radius 3 is 3.11 bits per heavy atom. The second kappa shape index (κ2) is 6.83. The summed E-state index contributed by atoms with van der Waals surface area (Å²) in [6, 6.07) is 4.98. The molecule has 1 amide bonds. The van der Waals surface area contributed by atoms with Gasteiger partial charge in [0, 0.05) is 24.3 Å². The van der Waals surface area contributed by atoms with Crippen molar-refractivity contribution in [2.75, 3.05) is 0 Å². The van der Waals surface area contributed by atoms with Gasteiger partial charge < -0.3 is 14.8 Å². The highest BCUT2D eigenvalue weighted by molar-refractivity contribution is 5.96. The predicted molar refractivity (Wildman–Crippen MR) is 94.7 cm³/mol. The normalized spacial score (nSPS) is 11.0. The molecule has 10 nitrogen and oxygen atoms in total. The first kappa shape index (κ1) is 16.6. The molecular weight excluding hydrogens is 350 g/mol. The number of carbonyl (C=O) groups excluding carboxylic acids is 1. The second-order valence-electron chi connectivity index (χ2n) is 5.73. The Balaban J connectivity index is 1.48. The monoisotopic (exact) mass is 365 g/mol. The zero-order valence-corrected chi connectivity index (χ0v) is 14.3. The minimum Gasteiger partial charge on any atom is -0.343 e. The molecule has 0 fully saturated rings. The molecule has 0 bridgehead atoms. The fraction of sp³-hybridized carbons (Fsp3) is 0.176. The van der Waals surface area contributed by atoms with Crippen molar-refractivity contribution in [2.45, 2.75) is 20.0 Å². The maximum atomic E-state index is 12.3. The largest absolute Gasteiger partial charge is 0.343 e. The number of amides is 1. The summed E-state index contributed by atoms with van der Waals surface area (Å²) < 4.78 is 6.88. The fourth-order valence-electron chi connectivity index (χ4n) is 2.55. The van der Waals surface area contributed by atoms with E-state index >= 15 is 0 Å². The number of hydrogen-bond donors (Lipinski definition) is 2. The maximum Gasteiger partial charge on any atom is 0.262 e. The van der Waals surface area contributed by atoms with E-state index in [9.17, 15) is 9.59 Å². The molecular formula is C17H15N7O3. The lowest BCUT2D eigenvalue weighted by Crippen LogP contribution is -2.29. The molecule has 0 radical (unpaired) electrons. The van der Waals surface area contributed by atoms with Gasteiger partial charge in [-0.15, -0.1) is 0 Å². The Hall–Kier alpha value is -3.82. The minimum atomic E-state index is -0.541. The van der Waals surface area contributed by atoms with E-state index in [1.165, 1.54) is 6.07 Å². The number of fused-ring (bicyclic) bond motifs is 1. The summed E-state index contributed by atoms with van der Waals surface area (Å²) in [6.45, 7) is 2.70. The average Bonchev–Trinajstić information content (AvgIpc) is 3.34. The fourth-order valence-corrected chi connectivity index (χ4v) is 2.55. The summed E-state index contributed by atoms with van der Waals surface area (Å²) in [5, 5.41) is 11.3. The van der Waals surface area contributed by atoms with Crippen LogP contribution < -0.4 is 10.9 Å². The van der Waals surface area contributed by atoms with Gasteiger partial charge in [-0.2, -0.15) is 10.1 Å². The Morgan fingerprint density at radius 1 is 1.41 bits per heavy atom. The molecule has 0 aliphatic heterocycles. The van der Waals surface area contributed by atoms with Crippen molar-refractivity contribution in [3.05, 3.63) is 58.6 Å². The van der Waals surface area contributed by atoms with Crippen LogP contribution >= 0.6 is 0 Å². The summed E-state index contributed by atoms with van der Waals surface area (Å²) >= 11 is 0. The quantitative estimate of drug-likeness (QED) is 0.541. The number of nitrogens with one attached hydrogen (secondary N) is 2. The number of hydrogen-bond acceptors (Lipinski definition) is 7. The first-order chi connectivity index (χ1) is 13.1. The Labute approximate surface area is 152 Å². The number of carbonyl (C=O) groups is 1. The zero-order valence-electron chi connectivity index (χ0n) is 14.3.